The summed E-state index contributed by atoms with van der Waals surface area (Å²) in [7, 11) is 0. The van der Waals surface area contributed by atoms with Crippen LogP contribution in [0.3, 0.4) is 0 Å². The van der Waals surface area contributed by atoms with E-state index in [0.29, 0.717) is 30.3 Å². The molecule has 3 saturated heterocycles. The van der Waals surface area contributed by atoms with Crippen LogP contribution in [0.15, 0.2) is 35.7 Å². The molecule has 4 aliphatic rings. The Kier molecular flexibility index (Phi) is 5.49. The van der Waals surface area contributed by atoms with Crippen LogP contribution in [0.5, 0.6) is 0 Å². The summed E-state index contributed by atoms with van der Waals surface area (Å²) < 4.78 is 13.1. The van der Waals surface area contributed by atoms with E-state index in [1.165, 1.54) is 0 Å². The predicted molar refractivity (Wildman–Crippen MR) is 128 cm³/mol. The Morgan fingerprint density at radius 3 is 3.00 bits per heavy atom. The van der Waals surface area contributed by atoms with E-state index in [1.807, 2.05) is 40.8 Å². The van der Waals surface area contributed by atoms with Crippen molar-refractivity contribution < 1.29 is 14.3 Å². The normalized spacial score (nSPS) is 28.4. The molecule has 4 atom stereocenters. The molecule has 6 rings (SSSR count). The number of amides is 1. The van der Waals surface area contributed by atoms with Crippen molar-refractivity contribution in [3.63, 3.8) is 0 Å². The van der Waals surface area contributed by atoms with E-state index >= 15 is 0 Å². The topological polar surface area (TPSA) is 96.0 Å². The number of hydrogen-bond donors (Lipinski definition) is 0. The van der Waals surface area contributed by atoms with Crippen LogP contribution < -0.4 is 4.90 Å². The molecule has 0 N–H and O–H groups in total. The average Bonchev–Trinajstić information content (AvgIpc) is 3.60. The Balaban J connectivity index is 1.31. The van der Waals surface area contributed by atoms with E-state index < -0.39 is 0 Å². The highest BCUT2D eigenvalue weighted by molar-refractivity contribution is 5.97. The molecule has 0 aromatic carbocycles. The molecule has 0 radical (unpaired) electrons. The van der Waals surface area contributed by atoms with Crippen molar-refractivity contribution in [2.75, 3.05) is 31.3 Å². The minimum absolute atomic E-state index is 0.0211. The second kappa shape index (κ2) is 8.68. The van der Waals surface area contributed by atoms with Gasteiger partial charge in [-0.2, -0.15) is 10.4 Å². The smallest absolute Gasteiger partial charge is 0.257 e. The molecule has 9 heteroatoms. The first-order chi connectivity index (χ1) is 17.0. The molecule has 1 aliphatic carbocycles. The largest absolute Gasteiger partial charge is 0.468 e. The van der Waals surface area contributed by atoms with E-state index in [0.717, 1.165) is 55.0 Å². The van der Waals surface area contributed by atoms with E-state index in [1.54, 1.807) is 0 Å². The van der Waals surface area contributed by atoms with Crippen LogP contribution in [0, 0.1) is 30.1 Å². The summed E-state index contributed by atoms with van der Waals surface area (Å²) in [6, 6.07) is 4.32. The van der Waals surface area contributed by atoms with Gasteiger partial charge >= 0.3 is 0 Å². The number of anilines is 1. The van der Waals surface area contributed by atoms with Crippen LogP contribution in [-0.4, -0.2) is 57.9 Å². The number of carbonyl (C=O) groups is 1. The van der Waals surface area contributed by atoms with E-state index in [2.05, 4.69) is 17.9 Å². The summed E-state index contributed by atoms with van der Waals surface area (Å²) in [6.07, 6.45) is 9.33. The SMILES string of the molecule is Cc1cn2nc([C@@H]3CCCCN3C(=O)C3=C4OCOC4CC=C3)cc2nc1N1C[C@@H](C#N)[C@@H](C)C1. The third-order valence-electron chi connectivity index (χ3n) is 7.71. The highest BCUT2D eigenvalue weighted by atomic mass is 16.7. The molecule has 35 heavy (non-hydrogen) atoms. The molecule has 1 amide bonds. The van der Waals surface area contributed by atoms with Gasteiger partial charge < -0.3 is 19.3 Å². The number of piperidine rings is 1. The minimum atomic E-state index is -0.156. The maximum atomic E-state index is 13.7. The zero-order valence-electron chi connectivity index (χ0n) is 20.2. The van der Waals surface area contributed by atoms with Gasteiger partial charge in [0, 0.05) is 37.5 Å². The van der Waals surface area contributed by atoms with E-state index in [9.17, 15) is 10.1 Å². The van der Waals surface area contributed by atoms with Gasteiger partial charge in [0.1, 0.15) is 17.7 Å². The molecule has 0 saturated carbocycles. The van der Waals surface area contributed by atoms with Gasteiger partial charge in [-0.25, -0.2) is 9.50 Å². The van der Waals surface area contributed by atoms with Crippen molar-refractivity contribution in [3.8, 4) is 6.07 Å². The maximum absolute atomic E-state index is 13.7. The second-order valence-electron chi connectivity index (χ2n) is 10.1. The Hall–Kier alpha value is -3.38. The van der Waals surface area contributed by atoms with E-state index in [4.69, 9.17) is 19.6 Å². The summed E-state index contributed by atoms with van der Waals surface area (Å²) in [6.45, 7) is 6.57. The number of aryl methyl sites for hydroxylation is 1. The van der Waals surface area contributed by atoms with Gasteiger partial charge in [0.25, 0.3) is 5.91 Å². The highest BCUT2D eigenvalue weighted by Crippen LogP contribution is 2.36. The number of nitriles is 1. The Bertz CT molecular complexity index is 1270. The van der Waals surface area contributed by atoms with Crippen LogP contribution in [-0.2, 0) is 14.3 Å². The van der Waals surface area contributed by atoms with Crippen LogP contribution in [0.25, 0.3) is 5.65 Å². The number of hydrogen-bond acceptors (Lipinski definition) is 7. The van der Waals surface area contributed by atoms with Gasteiger partial charge in [0.2, 0.25) is 0 Å². The van der Waals surface area contributed by atoms with Crippen LogP contribution >= 0.6 is 0 Å². The molecule has 2 aromatic heterocycles. The summed E-state index contributed by atoms with van der Waals surface area (Å²) in [5.41, 5.74) is 3.25. The van der Waals surface area contributed by atoms with Crippen molar-refractivity contribution in [2.24, 2.45) is 11.8 Å². The number of ether oxygens (including phenoxy) is 2. The lowest BCUT2D eigenvalue weighted by molar-refractivity contribution is -0.130. The molecule has 9 nitrogen and oxygen atoms in total. The van der Waals surface area contributed by atoms with Crippen LogP contribution in [0.2, 0.25) is 0 Å². The van der Waals surface area contributed by atoms with Crippen molar-refractivity contribution in [2.45, 2.75) is 51.7 Å². The zero-order valence-corrected chi connectivity index (χ0v) is 20.2. The zero-order chi connectivity index (χ0) is 24.1. The molecule has 3 fully saturated rings. The number of fused-ring (bicyclic) bond motifs is 2. The average molecular weight is 475 g/mol. The van der Waals surface area contributed by atoms with Crippen molar-refractivity contribution >= 4 is 17.4 Å². The number of nitrogens with zero attached hydrogens (tertiary/aromatic N) is 6. The first-order valence-electron chi connectivity index (χ1n) is 12.5. The van der Waals surface area contributed by atoms with Crippen molar-refractivity contribution in [3.05, 3.63) is 47.0 Å². The summed E-state index contributed by atoms with van der Waals surface area (Å²) >= 11 is 0. The Labute approximate surface area is 204 Å². The summed E-state index contributed by atoms with van der Waals surface area (Å²) in [4.78, 5) is 22.7. The first-order valence-corrected chi connectivity index (χ1v) is 12.5. The van der Waals surface area contributed by atoms with E-state index in [-0.39, 0.29) is 30.8 Å². The van der Waals surface area contributed by atoms with Gasteiger partial charge in [-0.15, -0.1) is 0 Å². The fourth-order valence-electron chi connectivity index (χ4n) is 5.79. The molecule has 2 aromatic rings. The molecular weight excluding hydrogens is 444 g/mol. The van der Waals surface area contributed by atoms with Gasteiger partial charge in [0.05, 0.1) is 29.3 Å². The summed E-state index contributed by atoms with van der Waals surface area (Å²) in [5.74, 6) is 1.89. The molecule has 1 unspecified atom stereocenters. The lowest BCUT2D eigenvalue weighted by atomic mass is 9.96. The van der Waals surface area contributed by atoms with Crippen molar-refractivity contribution in [1.29, 1.82) is 5.26 Å². The standard InChI is InChI=1S/C26H30N6O3/c1-16-12-30(14-18(16)11-27)25-17(2)13-32-23(28-25)10-20(29-32)21-7-3-4-9-31(21)26(33)19-6-5-8-22-24(19)35-15-34-22/h5-6,10,13,16,18,21-22H,3-4,7-9,12,14-15H2,1-2H3/t16-,18+,21-,22?/m0/s1. The molecule has 3 aliphatic heterocycles. The Morgan fingerprint density at radius 1 is 1.29 bits per heavy atom. The lowest BCUT2D eigenvalue weighted by Gasteiger charge is -2.35. The number of carbonyl (C=O) groups excluding carboxylic acids is 1. The molecule has 0 spiro atoms. The van der Waals surface area contributed by atoms with Gasteiger partial charge in [0.15, 0.2) is 12.4 Å². The second-order valence-corrected chi connectivity index (χ2v) is 10.1. The quantitative estimate of drug-likeness (QED) is 0.674. The third-order valence-corrected chi connectivity index (χ3v) is 7.71. The highest BCUT2D eigenvalue weighted by Gasteiger charge is 2.37. The molecular formula is C26H30N6O3. The van der Waals surface area contributed by atoms with Gasteiger partial charge in [-0.05, 0) is 44.6 Å². The third kappa shape index (κ3) is 3.76. The fraction of sp³-hybridized carbons (Fsp3) is 0.538. The molecule has 0 bridgehead atoms. The lowest BCUT2D eigenvalue weighted by Crippen LogP contribution is -2.40. The number of rotatable bonds is 3. The van der Waals surface area contributed by atoms with Crippen molar-refractivity contribution in [1.82, 2.24) is 19.5 Å². The predicted octanol–water partition coefficient (Wildman–Crippen LogP) is 3.27. The minimum Gasteiger partial charge on any atom is -0.468 e. The van der Waals surface area contributed by atoms with Gasteiger partial charge in [-0.1, -0.05) is 13.0 Å². The Morgan fingerprint density at radius 2 is 2.17 bits per heavy atom. The summed E-state index contributed by atoms with van der Waals surface area (Å²) in [5, 5.41) is 14.3. The van der Waals surface area contributed by atoms with Crippen LogP contribution in [0.1, 0.15) is 49.9 Å². The number of aromatic nitrogens is 3. The molecule has 5 heterocycles. The number of likely N-dealkylation sites (tertiary alicyclic amines) is 1. The maximum Gasteiger partial charge on any atom is 0.257 e. The van der Waals surface area contributed by atoms with Crippen LogP contribution in [0.4, 0.5) is 5.82 Å². The first kappa shape index (κ1) is 22.1. The molecule has 182 valence electrons. The van der Waals surface area contributed by atoms with Gasteiger partial charge in [-0.3, -0.25) is 4.79 Å². The fourth-order valence-corrected chi connectivity index (χ4v) is 5.79. The monoisotopic (exact) mass is 474 g/mol.